The normalized spacial score (nSPS) is 22.2. The molecule has 1 aliphatic rings. The number of carbonyl (C=O) groups is 1. The summed E-state index contributed by atoms with van der Waals surface area (Å²) in [5.41, 5.74) is -1.45. The molecule has 0 aromatic rings. The number of hydroxylamine groups is 2. The molecule has 0 aromatic carbocycles. The van der Waals surface area contributed by atoms with Crippen LogP contribution in [0.4, 0.5) is 0 Å². The monoisotopic (exact) mass is 270 g/mol. The Morgan fingerprint density at radius 1 is 1.32 bits per heavy atom. The third-order valence-corrected chi connectivity index (χ3v) is 4.48. The van der Waals surface area contributed by atoms with Crippen LogP contribution in [0, 0.1) is 5.41 Å². The van der Waals surface area contributed by atoms with E-state index in [0.29, 0.717) is 5.76 Å². The lowest BCUT2D eigenvalue weighted by molar-refractivity contribution is -0.194. The van der Waals surface area contributed by atoms with E-state index in [0.717, 1.165) is 12.8 Å². The number of hydrogen-bond donors (Lipinski definition) is 0. The van der Waals surface area contributed by atoms with Gasteiger partial charge < -0.3 is 9.94 Å². The average molecular weight is 270 g/mol. The molecule has 0 aromatic heterocycles. The molecule has 110 valence electrons. The van der Waals surface area contributed by atoms with Gasteiger partial charge in [-0.2, -0.15) is 0 Å². The molecule has 0 fully saturated rings. The first-order chi connectivity index (χ1) is 8.51. The molecule has 0 saturated heterocycles. The fourth-order valence-corrected chi connectivity index (χ4v) is 2.31. The van der Waals surface area contributed by atoms with Crippen LogP contribution in [-0.4, -0.2) is 27.3 Å². The Bertz CT molecular complexity index is 392. The van der Waals surface area contributed by atoms with Crippen molar-refractivity contribution in [2.45, 2.75) is 72.4 Å². The van der Waals surface area contributed by atoms with E-state index in [1.807, 2.05) is 54.5 Å². The Hall–Kier alpha value is -0.870. The maximum atomic E-state index is 12.3. The lowest BCUT2D eigenvalue weighted by Gasteiger charge is -2.31. The van der Waals surface area contributed by atoms with Crippen molar-refractivity contribution >= 4 is 5.97 Å². The summed E-state index contributed by atoms with van der Waals surface area (Å²) in [6.07, 6.45) is 3.39. The van der Waals surface area contributed by atoms with E-state index in [4.69, 9.17) is 9.94 Å². The van der Waals surface area contributed by atoms with Crippen molar-refractivity contribution in [3.8, 4) is 0 Å². The highest BCUT2D eigenvalue weighted by Gasteiger charge is 2.52. The van der Waals surface area contributed by atoms with Gasteiger partial charge in [0.15, 0.2) is 0 Å². The second kappa shape index (κ2) is 4.91. The molecule has 0 atom stereocenters. The van der Waals surface area contributed by atoms with Crippen LogP contribution < -0.4 is 0 Å². The number of hydrogen-bond acceptors (Lipinski definition) is 3. The zero-order valence-corrected chi connectivity index (χ0v) is 13.3. The minimum Gasteiger partial charge on any atom is -0.429 e. The second-order valence-corrected chi connectivity index (χ2v) is 6.71. The fraction of sp³-hybridized carbons (Fsp3) is 0.800. The van der Waals surface area contributed by atoms with Gasteiger partial charge in [0.05, 0.1) is 5.41 Å². The molecule has 0 aliphatic carbocycles. The van der Waals surface area contributed by atoms with Gasteiger partial charge in [-0.1, -0.05) is 18.9 Å². The van der Waals surface area contributed by atoms with E-state index in [1.54, 1.807) is 0 Å². The molecule has 0 bridgehead atoms. The summed E-state index contributed by atoms with van der Waals surface area (Å²) in [5.74, 6) is 0.397. The molecule has 1 heterocycles. The third-order valence-electron chi connectivity index (χ3n) is 4.48. The maximum Gasteiger partial charge on any atom is 0.316 e. The van der Waals surface area contributed by atoms with Crippen LogP contribution in [0.25, 0.3) is 0 Å². The highest BCUT2D eigenvalue weighted by Crippen LogP contribution is 2.40. The Kier molecular flexibility index (Phi) is 4.18. The van der Waals surface area contributed by atoms with Crippen LogP contribution in [0.15, 0.2) is 11.8 Å². The molecule has 1 aliphatic heterocycles. The van der Waals surface area contributed by atoms with Crippen molar-refractivity contribution in [2.24, 2.45) is 5.41 Å². The Morgan fingerprint density at radius 3 is 2.11 bits per heavy atom. The molecule has 4 heteroatoms. The Balaban J connectivity index is 2.98. The Labute approximate surface area is 116 Å². The van der Waals surface area contributed by atoms with Crippen molar-refractivity contribution in [2.75, 3.05) is 0 Å². The van der Waals surface area contributed by atoms with Gasteiger partial charge >= 0.3 is 5.97 Å². The number of ether oxygens (including phenoxy) is 1. The summed E-state index contributed by atoms with van der Waals surface area (Å²) >= 11 is 0. The summed E-state index contributed by atoms with van der Waals surface area (Å²) in [5, 5.41) is 9.63. The molecule has 1 rings (SSSR count). The highest BCUT2D eigenvalue weighted by atomic mass is 16.6. The maximum absolute atomic E-state index is 12.3. The third kappa shape index (κ3) is 2.70. The molecule has 0 amide bonds. The zero-order valence-electron chi connectivity index (χ0n) is 13.3. The average Bonchev–Trinajstić information content (AvgIpc) is 2.49. The first-order valence-corrected chi connectivity index (χ1v) is 6.98. The summed E-state index contributed by atoms with van der Waals surface area (Å²) < 4.78 is 5.64. The summed E-state index contributed by atoms with van der Waals surface area (Å²) in [6.45, 7) is 13.6. The standard InChI is InChI=1S/C15H27NO3/c1-8-15(7,9-2)12(17)19-11-10-13(3,4)16(18)14(11,5)6/h10,18H,8-9H2,1-7H3/p+1. The van der Waals surface area contributed by atoms with E-state index >= 15 is 0 Å². The molecule has 0 unspecified atom stereocenters. The first kappa shape index (κ1) is 16.2. The quantitative estimate of drug-likeness (QED) is 0.583. The van der Waals surface area contributed by atoms with Crippen LogP contribution in [-0.2, 0) is 9.53 Å². The topological polar surface area (TPSA) is 52.4 Å². The summed E-state index contributed by atoms with van der Waals surface area (Å²) in [6, 6.07) is 0. The van der Waals surface area contributed by atoms with Crippen molar-refractivity contribution in [3.63, 3.8) is 0 Å². The van der Waals surface area contributed by atoms with Gasteiger partial charge in [0.2, 0.25) is 0 Å². The molecule has 4 nitrogen and oxygen atoms in total. The Morgan fingerprint density at radius 2 is 1.79 bits per heavy atom. The van der Waals surface area contributed by atoms with Gasteiger partial charge in [-0.15, -0.1) is 0 Å². The highest BCUT2D eigenvalue weighted by molar-refractivity contribution is 5.77. The van der Waals surface area contributed by atoms with E-state index in [1.165, 1.54) is 5.06 Å². The van der Waals surface area contributed by atoms with Crippen LogP contribution in [0.3, 0.4) is 0 Å². The molecule has 19 heavy (non-hydrogen) atoms. The van der Waals surface area contributed by atoms with Gasteiger partial charge in [-0.05, 0) is 53.5 Å². The second-order valence-electron chi connectivity index (χ2n) is 6.71. The van der Waals surface area contributed by atoms with Gasteiger partial charge in [-0.25, -0.2) is 0 Å². The number of nitrogens with zero attached hydrogens (tertiary/aromatic N) is 1. The van der Waals surface area contributed by atoms with Gasteiger partial charge in [0.1, 0.15) is 16.8 Å². The van der Waals surface area contributed by atoms with E-state index in [9.17, 15) is 4.79 Å². The molecular formula is C15H28NO3+. The molecule has 0 radical (unpaired) electrons. The fourth-order valence-electron chi connectivity index (χ4n) is 2.31. The van der Waals surface area contributed by atoms with Crippen molar-refractivity contribution in [3.05, 3.63) is 11.8 Å². The van der Waals surface area contributed by atoms with E-state index < -0.39 is 16.5 Å². The van der Waals surface area contributed by atoms with Crippen molar-refractivity contribution < 1.29 is 14.7 Å². The van der Waals surface area contributed by atoms with Crippen LogP contribution >= 0.6 is 0 Å². The molecule has 2 N–H and O–H groups in total. The lowest BCUT2D eigenvalue weighted by Crippen LogP contribution is -2.48. The largest absolute Gasteiger partial charge is 0.429 e. The zero-order chi connectivity index (χ0) is 15.1. The van der Waals surface area contributed by atoms with Crippen LogP contribution in [0.5, 0.6) is 0 Å². The minimum absolute atomic E-state index is 0.192. The van der Waals surface area contributed by atoms with Gasteiger partial charge in [0, 0.05) is 0 Å². The minimum atomic E-state index is -0.582. The van der Waals surface area contributed by atoms with Crippen molar-refractivity contribution in [1.82, 2.24) is 5.06 Å². The van der Waals surface area contributed by atoms with Gasteiger partial charge in [0.25, 0.3) is 0 Å². The number of carbonyl (C=O) groups excluding carboxylic acids is 1. The van der Waals surface area contributed by atoms with Crippen LogP contribution in [0.1, 0.15) is 61.3 Å². The molecule has 0 spiro atoms. The van der Waals surface area contributed by atoms with Crippen molar-refractivity contribution in [1.29, 1.82) is 0 Å². The predicted octanol–water partition coefficient (Wildman–Crippen LogP) is 2.75. The van der Waals surface area contributed by atoms with E-state index in [2.05, 4.69) is 0 Å². The summed E-state index contributed by atoms with van der Waals surface area (Å²) in [7, 11) is 0. The smallest absolute Gasteiger partial charge is 0.316 e. The lowest BCUT2D eigenvalue weighted by atomic mass is 9.85. The molecular weight excluding hydrogens is 242 g/mol. The number of rotatable bonds is 4. The number of esters is 1. The first-order valence-electron chi connectivity index (χ1n) is 6.98. The van der Waals surface area contributed by atoms with E-state index in [-0.39, 0.29) is 5.97 Å². The summed E-state index contributed by atoms with van der Waals surface area (Å²) in [4.78, 5) is 12.3. The predicted molar refractivity (Wildman–Crippen MR) is 76.5 cm³/mol. The van der Waals surface area contributed by atoms with Crippen LogP contribution in [0.2, 0.25) is 0 Å². The van der Waals surface area contributed by atoms with Gasteiger partial charge in [-0.3, -0.25) is 4.79 Å². The SMILES string of the molecule is CCC(C)(CC)C(=O)OC1=CC(C)(C)N([OH2+])C1(C)C. The molecule has 0 saturated carbocycles.